The second-order valence-electron chi connectivity index (χ2n) is 9.96. The van der Waals surface area contributed by atoms with Crippen molar-refractivity contribution in [3.8, 4) is 11.1 Å². The van der Waals surface area contributed by atoms with Crippen LogP contribution in [0.2, 0.25) is 0 Å². The Labute approximate surface area is 239 Å². The van der Waals surface area contributed by atoms with Gasteiger partial charge in [0.2, 0.25) is 0 Å². The molecule has 1 aromatic heterocycles. The number of anilines is 2. The van der Waals surface area contributed by atoms with Gasteiger partial charge in [0.05, 0.1) is 11.3 Å². The lowest BCUT2D eigenvalue weighted by atomic mass is 10.0. The Morgan fingerprint density at radius 3 is 2.56 bits per heavy atom. The Kier molecular flexibility index (Phi) is 8.12. The first kappa shape index (κ1) is 28.4. The summed E-state index contributed by atoms with van der Waals surface area (Å²) in [5, 5.41) is 6.14. The van der Waals surface area contributed by atoms with Crippen LogP contribution < -0.4 is 15.5 Å². The van der Waals surface area contributed by atoms with Crippen LogP contribution in [0, 0.1) is 6.92 Å². The van der Waals surface area contributed by atoms with Crippen molar-refractivity contribution < 1.29 is 22.2 Å². The minimum absolute atomic E-state index is 0.0912. The lowest BCUT2D eigenvalue weighted by molar-refractivity contribution is -0.138. The molecule has 2 N–H and O–H groups in total. The van der Waals surface area contributed by atoms with Crippen molar-refractivity contribution in [1.29, 1.82) is 0 Å². The number of rotatable bonds is 7. The van der Waals surface area contributed by atoms with Gasteiger partial charge in [-0.3, -0.25) is 9.00 Å². The number of fused-ring (bicyclic) bond motifs is 1. The summed E-state index contributed by atoms with van der Waals surface area (Å²) in [5.41, 5.74) is 3.91. The molecule has 0 fully saturated rings. The van der Waals surface area contributed by atoms with Crippen LogP contribution in [-0.4, -0.2) is 34.4 Å². The zero-order valence-electron chi connectivity index (χ0n) is 22.6. The highest BCUT2D eigenvalue weighted by Gasteiger charge is 2.34. The molecule has 0 radical (unpaired) electrons. The van der Waals surface area contributed by atoms with Crippen molar-refractivity contribution in [3.63, 3.8) is 0 Å². The van der Waals surface area contributed by atoms with E-state index in [4.69, 9.17) is 0 Å². The van der Waals surface area contributed by atoms with E-state index in [2.05, 4.69) is 15.6 Å². The number of pyridine rings is 1. The molecule has 0 bridgehead atoms. The number of halogens is 3. The highest BCUT2D eigenvalue weighted by Crippen LogP contribution is 2.36. The average molecular weight is 579 g/mol. The SMILES string of the molecule is Cc1ccc(C(F)(F)F)c(CN2CCNc3ncc(-c4cccc(C(=O)NCc5ccc(S(C)=O)cc5)c4)cc32)c1. The van der Waals surface area contributed by atoms with E-state index in [1.807, 2.05) is 29.2 Å². The molecule has 5 rings (SSSR count). The predicted molar refractivity (Wildman–Crippen MR) is 155 cm³/mol. The van der Waals surface area contributed by atoms with Crippen LogP contribution in [-0.2, 0) is 30.1 Å². The van der Waals surface area contributed by atoms with Crippen molar-refractivity contribution in [1.82, 2.24) is 10.3 Å². The summed E-state index contributed by atoms with van der Waals surface area (Å²) < 4.78 is 52.8. The molecule has 212 valence electrons. The van der Waals surface area contributed by atoms with E-state index >= 15 is 0 Å². The number of benzene rings is 3. The van der Waals surface area contributed by atoms with E-state index in [0.29, 0.717) is 36.7 Å². The fourth-order valence-electron chi connectivity index (χ4n) is 4.84. The fourth-order valence-corrected chi connectivity index (χ4v) is 5.36. The van der Waals surface area contributed by atoms with Crippen LogP contribution in [0.4, 0.5) is 24.7 Å². The Morgan fingerprint density at radius 2 is 1.83 bits per heavy atom. The Morgan fingerprint density at radius 1 is 1.05 bits per heavy atom. The van der Waals surface area contributed by atoms with Gasteiger partial charge in [0.1, 0.15) is 5.82 Å². The second-order valence-corrected chi connectivity index (χ2v) is 11.3. The van der Waals surface area contributed by atoms with Gasteiger partial charge < -0.3 is 15.5 Å². The molecule has 0 aliphatic carbocycles. The number of aryl methyl sites for hydroxylation is 1. The van der Waals surface area contributed by atoms with Gasteiger partial charge in [-0.25, -0.2) is 4.98 Å². The molecular weight excluding hydrogens is 549 g/mol. The van der Waals surface area contributed by atoms with E-state index in [1.54, 1.807) is 55.8 Å². The van der Waals surface area contributed by atoms with Gasteiger partial charge in [-0.2, -0.15) is 13.2 Å². The second kappa shape index (κ2) is 11.7. The number of amides is 1. The van der Waals surface area contributed by atoms with Crippen molar-refractivity contribution in [2.24, 2.45) is 0 Å². The molecule has 4 aromatic rings. The third kappa shape index (κ3) is 6.59. The molecule has 1 unspecified atom stereocenters. The Hall–Kier alpha value is -4.18. The lowest BCUT2D eigenvalue weighted by Crippen LogP contribution is -2.34. The molecule has 0 saturated carbocycles. The van der Waals surface area contributed by atoms with Gasteiger partial charge in [0, 0.05) is 65.5 Å². The molecule has 41 heavy (non-hydrogen) atoms. The first-order chi connectivity index (χ1) is 19.6. The van der Waals surface area contributed by atoms with E-state index < -0.39 is 22.5 Å². The smallest absolute Gasteiger partial charge is 0.367 e. The molecule has 3 aromatic carbocycles. The molecule has 0 spiro atoms. The maximum Gasteiger partial charge on any atom is 0.416 e. The third-order valence-corrected chi connectivity index (χ3v) is 7.91. The van der Waals surface area contributed by atoms with Gasteiger partial charge in [0.15, 0.2) is 0 Å². The molecular formula is C31H29F3N4O2S. The predicted octanol–water partition coefficient (Wildman–Crippen LogP) is 6.18. The van der Waals surface area contributed by atoms with E-state index in [-0.39, 0.29) is 18.0 Å². The summed E-state index contributed by atoms with van der Waals surface area (Å²) in [4.78, 5) is 20.1. The Bertz CT molecular complexity index is 1610. The summed E-state index contributed by atoms with van der Waals surface area (Å²) in [6, 6.07) is 20.5. The molecule has 2 heterocycles. The normalized spacial score (nSPS) is 13.7. The summed E-state index contributed by atoms with van der Waals surface area (Å²) in [7, 11) is -1.06. The van der Waals surface area contributed by atoms with Crippen LogP contribution in [0.5, 0.6) is 0 Å². The first-order valence-corrected chi connectivity index (χ1v) is 14.6. The van der Waals surface area contributed by atoms with Gasteiger partial charge in [0.25, 0.3) is 5.91 Å². The largest absolute Gasteiger partial charge is 0.416 e. The van der Waals surface area contributed by atoms with E-state index in [9.17, 15) is 22.2 Å². The third-order valence-electron chi connectivity index (χ3n) is 6.98. The molecule has 1 aliphatic rings. The van der Waals surface area contributed by atoms with Gasteiger partial charge >= 0.3 is 6.18 Å². The minimum atomic E-state index is -4.44. The highest BCUT2D eigenvalue weighted by atomic mass is 32.2. The number of hydrogen-bond acceptors (Lipinski definition) is 5. The Balaban J connectivity index is 1.36. The maximum atomic E-state index is 13.7. The number of carbonyl (C=O) groups excluding carboxylic acids is 1. The summed E-state index contributed by atoms with van der Waals surface area (Å²) in [6.45, 7) is 3.26. The number of aromatic nitrogens is 1. The van der Waals surface area contributed by atoms with Crippen molar-refractivity contribution >= 4 is 28.2 Å². The topological polar surface area (TPSA) is 74.3 Å². The zero-order chi connectivity index (χ0) is 29.1. The van der Waals surface area contributed by atoms with Crippen LogP contribution >= 0.6 is 0 Å². The van der Waals surface area contributed by atoms with E-state index in [1.165, 1.54) is 6.07 Å². The highest BCUT2D eigenvalue weighted by molar-refractivity contribution is 7.84. The van der Waals surface area contributed by atoms with Crippen molar-refractivity contribution in [2.75, 3.05) is 29.6 Å². The van der Waals surface area contributed by atoms with Crippen molar-refractivity contribution in [3.05, 3.63) is 107 Å². The first-order valence-electron chi connectivity index (χ1n) is 13.0. The molecule has 10 heteroatoms. The molecule has 6 nitrogen and oxygen atoms in total. The maximum absolute atomic E-state index is 13.7. The average Bonchev–Trinajstić information content (AvgIpc) is 2.95. The lowest BCUT2D eigenvalue weighted by Gasteiger charge is -2.32. The fraction of sp³-hybridized carbons (Fsp3) is 0.226. The van der Waals surface area contributed by atoms with E-state index in [0.717, 1.165) is 33.2 Å². The molecule has 1 amide bonds. The molecule has 0 saturated heterocycles. The number of alkyl halides is 3. The van der Waals surface area contributed by atoms with Crippen LogP contribution in [0.25, 0.3) is 11.1 Å². The molecule has 1 atom stereocenters. The number of carbonyl (C=O) groups is 1. The van der Waals surface area contributed by atoms with Crippen LogP contribution in [0.1, 0.15) is 32.6 Å². The molecule has 1 aliphatic heterocycles. The standard InChI is InChI=1S/C31H29F3N4O2S/c1-20-6-11-27(31(32,33)34)25(14-20)19-38-13-12-35-29-28(38)16-24(18-36-29)22-4-3-5-23(15-22)30(39)37-17-21-7-9-26(10-8-21)41(2)40/h3-11,14-16,18H,12-13,17,19H2,1-2H3,(H,35,36)(H,37,39). The summed E-state index contributed by atoms with van der Waals surface area (Å²) >= 11 is 0. The van der Waals surface area contributed by atoms with Crippen LogP contribution in [0.3, 0.4) is 0 Å². The van der Waals surface area contributed by atoms with Gasteiger partial charge in [-0.15, -0.1) is 0 Å². The number of nitrogens with one attached hydrogen (secondary N) is 2. The summed E-state index contributed by atoms with van der Waals surface area (Å²) in [5.74, 6) is 0.358. The summed E-state index contributed by atoms with van der Waals surface area (Å²) in [6.07, 6.45) is -1.14. The van der Waals surface area contributed by atoms with Gasteiger partial charge in [-0.05, 0) is 60.0 Å². The van der Waals surface area contributed by atoms with Crippen LogP contribution in [0.15, 0.2) is 83.9 Å². The number of hydrogen-bond donors (Lipinski definition) is 2. The minimum Gasteiger partial charge on any atom is -0.367 e. The zero-order valence-corrected chi connectivity index (χ0v) is 23.4. The van der Waals surface area contributed by atoms with Gasteiger partial charge in [-0.1, -0.05) is 42.0 Å². The van der Waals surface area contributed by atoms with Crippen molar-refractivity contribution in [2.45, 2.75) is 31.1 Å². The quantitative estimate of drug-likeness (QED) is 0.274. The number of nitrogens with zero attached hydrogens (tertiary/aromatic N) is 2. The monoisotopic (exact) mass is 578 g/mol.